The molecule has 1 atom stereocenters. The van der Waals surface area contributed by atoms with Gasteiger partial charge < -0.3 is 10.6 Å². The van der Waals surface area contributed by atoms with Crippen LogP contribution in [0.2, 0.25) is 0 Å². The van der Waals surface area contributed by atoms with E-state index in [2.05, 4.69) is 50.7 Å². The quantitative estimate of drug-likeness (QED) is 0.812. The Morgan fingerprint density at radius 1 is 1.40 bits per heavy atom. The van der Waals surface area contributed by atoms with E-state index < -0.39 is 0 Å². The SMILES string of the molecule is CC(NC(=S)NCCn1cc(Br)cn1)c1ccccc1. The molecule has 2 rings (SSSR count). The summed E-state index contributed by atoms with van der Waals surface area (Å²) in [6.45, 7) is 3.60. The van der Waals surface area contributed by atoms with Gasteiger partial charge in [-0.15, -0.1) is 0 Å². The highest BCUT2D eigenvalue weighted by molar-refractivity contribution is 9.10. The normalized spacial score (nSPS) is 11.9. The monoisotopic (exact) mass is 352 g/mol. The van der Waals surface area contributed by atoms with Crippen LogP contribution in [0.25, 0.3) is 0 Å². The van der Waals surface area contributed by atoms with Crippen LogP contribution in [0.15, 0.2) is 47.2 Å². The number of halogens is 1. The standard InChI is InChI=1S/C14H17BrN4S/c1-11(12-5-3-2-4-6-12)18-14(20)16-7-8-19-10-13(15)9-17-19/h2-6,9-11H,7-8H2,1H3,(H2,16,18,20). The van der Waals surface area contributed by atoms with E-state index in [9.17, 15) is 0 Å². The molecular formula is C14H17BrN4S. The van der Waals surface area contributed by atoms with Crippen LogP contribution in [0.5, 0.6) is 0 Å². The van der Waals surface area contributed by atoms with E-state index in [-0.39, 0.29) is 6.04 Å². The molecule has 1 unspecified atom stereocenters. The molecule has 0 aliphatic heterocycles. The Morgan fingerprint density at radius 2 is 2.15 bits per heavy atom. The lowest BCUT2D eigenvalue weighted by Gasteiger charge is -2.17. The van der Waals surface area contributed by atoms with Crippen LogP contribution in [0, 0.1) is 0 Å². The van der Waals surface area contributed by atoms with Gasteiger partial charge in [0.2, 0.25) is 0 Å². The van der Waals surface area contributed by atoms with Crippen LogP contribution in [-0.2, 0) is 6.54 Å². The molecule has 1 aromatic carbocycles. The van der Waals surface area contributed by atoms with Gasteiger partial charge in [0.15, 0.2) is 5.11 Å². The maximum Gasteiger partial charge on any atom is 0.166 e. The fourth-order valence-corrected chi connectivity index (χ4v) is 2.42. The zero-order chi connectivity index (χ0) is 14.4. The molecule has 0 fully saturated rings. The summed E-state index contributed by atoms with van der Waals surface area (Å²) < 4.78 is 2.84. The Bertz CT molecular complexity index is 555. The number of nitrogens with one attached hydrogen (secondary N) is 2. The first-order chi connectivity index (χ1) is 9.65. The van der Waals surface area contributed by atoms with Crippen molar-refractivity contribution in [2.45, 2.75) is 19.5 Å². The van der Waals surface area contributed by atoms with Crippen molar-refractivity contribution in [1.29, 1.82) is 0 Å². The van der Waals surface area contributed by atoms with Crippen LogP contribution in [0.1, 0.15) is 18.5 Å². The molecule has 0 spiro atoms. The molecule has 0 bridgehead atoms. The Labute approximate surface area is 132 Å². The second-order valence-corrected chi connectivity index (χ2v) is 5.78. The molecule has 0 aliphatic carbocycles. The summed E-state index contributed by atoms with van der Waals surface area (Å²) >= 11 is 8.66. The molecule has 2 aromatic rings. The molecule has 4 nitrogen and oxygen atoms in total. The van der Waals surface area contributed by atoms with E-state index in [1.54, 1.807) is 6.20 Å². The molecule has 20 heavy (non-hydrogen) atoms. The molecule has 1 heterocycles. The second kappa shape index (κ2) is 7.40. The molecule has 106 valence electrons. The smallest absolute Gasteiger partial charge is 0.166 e. The number of nitrogens with zero attached hydrogens (tertiary/aromatic N) is 2. The Balaban J connectivity index is 1.73. The van der Waals surface area contributed by atoms with Gasteiger partial charge in [-0.05, 0) is 40.6 Å². The molecule has 0 saturated carbocycles. The van der Waals surface area contributed by atoms with E-state index in [0.29, 0.717) is 5.11 Å². The predicted octanol–water partition coefficient (Wildman–Crippen LogP) is 2.87. The fraction of sp³-hybridized carbons (Fsp3) is 0.286. The highest BCUT2D eigenvalue weighted by Crippen LogP contribution is 2.10. The molecule has 0 amide bonds. The molecule has 1 aromatic heterocycles. The van der Waals surface area contributed by atoms with Gasteiger partial charge in [0.1, 0.15) is 0 Å². The lowest BCUT2D eigenvalue weighted by Crippen LogP contribution is -2.38. The van der Waals surface area contributed by atoms with Crippen molar-refractivity contribution < 1.29 is 0 Å². The van der Waals surface area contributed by atoms with Crippen LogP contribution >= 0.6 is 28.1 Å². The molecule has 0 aliphatic rings. The molecule has 0 saturated heterocycles. The zero-order valence-corrected chi connectivity index (χ0v) is 13.6. The third-order valence-corrected chi connectivity index (χ3v) is 3.55. The van der Waals surface area contributed by atoms with Crippen molar-refractivity contribution in [3.63, 3.8) is 0 Å². The first kappa shape index (κ1) is 15.0. The topological polar surface area (TPSA) is 41.9 Å². The van der Waals surface area contributed by atoms with E-state index in [0.717, 1.165) is 17.6 Å². The third kappa shape index (κ3) is 4.61. The van der Waals surface area contributed by atoms with Crippen molar-refractivity contribution in [3.05, 3.63) is 52.8 Å². The predicted molar refractivity (Wildman–Crippen MR) is 88.5 cm³/mol. The van der Waals surface area contributed by atoms with Gasteiger partial charge in [0, 0.05) is 12.7 Å². The van der Waals surface area contributed by atoms with Crippen LogP contribution in [0.3, 0.4) is 0 Å². The Morgan fingerprint density at radius 3 is 2.80 bits per heavy atom. The summed E-state index contributed by atoms with van der Waals surface area (Å²) in [5.74, 6) is 0. The van der Waals surface area contributed by atoms with Gasteiger partial charge in [-0.25, -0.2) is 0 Å². The van der Waals surface area contributed by atoms with E-state index in [1.807, 2.05) is 29.1 Å². The number of hydrogen-bond donors (Lipinski definition) is 2. The van der Waals surface area contributed by atoms with Gasteiger partial charge in [-0.3, -0.25) is 4.68 Å². The first-order valence-corrected chi connectivity index (χ1v) is 7.62. The van der Waals surface area contributed by atoms with E-state index in [4.69, 9.17) is 12.2 Å². The second-order valence-electron chi connectivity index (χ2n) is 4.45. The number of hydrogen-bond acceptors (Lipinski definition) is 2. The minimum Gasteiger partial charge on any atom is -0.361 e. The summed E-state index contributed by atoms with van der Waals surface area (Å²) in [6.07, 6.45) is 3.71. The maximum absolute atomic E-state index is 5.29. The van der Waals surface area contributed by atoms with Gasteiger partial charge >= 0.3 is 0 Å². The van der Waals surface area contributed by atoms with Crippen molar-refractivity contribution in [1.82, 2.24) is 20.4 Å². The Kier molecular flexibility index (Phi) is 5.55. The molecule has 0 radical (unpaired) electrons. The largest absolute Gasteiger partial charge is 0.361 e. The Hall–Kier alpha value is -1.40. The number of rotatable bonds is 5. The van der Waals surface area contributed by atoms with Crippen LogP contribution < -0.4 is 10.6 Å². The number of benzene rings is 1. The van der Waals surface area contributed by atoms with Gasteiger partial charge in [0.25, 0.3) is 0 Å². The molecular weight excluding hydrogens is 336 g/mol. The van der Waals surface area contributed by atoms with Crippen molar-refractivity contribution in [2.24, 2.45) is 0 Å². The average Bonchev–Trinajstić information content (AvgIpc) is 2.85. The van der Waals surface area contributed by atoms with Crippen molar-refractivity contribution in [3.8, 4) is 0 Å². The summed E-state index contributed by atoms with van der Waals surface area (Å²) in [6, 6.07) is 10.4. The van der Waals surface area contributed by atoms with Crippen molar-refractivity contribution >= 4 is 33.3 Å². The van der Waals surface area contributed by atoms with E-state index in [1.165, 1.54) is 5.56 Å². The van der Waals surface area contributed by atoms with E-state index >= 15 is 0 Å². The minimum absolute atomic E-state index is 0.190. The maximum atomic E-state index is 5.29. The van der Waals surface area contributed by atoms with Crippen LogP contribution in [-0.4, -0.2) is 21.4 Å². The number of aromatic nitrogens is 2. The summed E-state index contributed by atoms with van der Waals surface area (Å²) in [4.78, 5) is 0. The summed E-state index contributed by atoms with van der Waals surface area (Å²) in [7, 11) is 0. The third-order valence-electron chi connectivity index (χ3n) is 2.88. The zero-order valence-electron chi connectivity index (χ0n) is 11.2. The highest BCUT2D eigenvalue weighted by atomic mass is 79.9. The first-order valence-electron chi connectivity index (χ1n) is 6.42. The van der Waals surface area contributed by atoms with Gasteiger partial charge in [-0.2, -0.15) is 5.10 Å². The van der Waals surface area contributed by atoms with Crippen LogP contribution in [0.4, 0.5) is 0 Å². The fourth-order valence-electron chi connectivity index (χ4n) is 1.82. The lowest BCUT2D eigenvalue weighted by atomic mass is 10.1. The summed E-state index contributed by atoms with van der Waals surface area (Å²) in [5.41, 5.74) is 1.22. The summed E-state index contributed by atoms with van der Waals surface area (Å²) in [5, 5.41) is 11.3. The molecule has 2 N–H and O–H groups in total. The minimum atomic E-state index is 0.190. The highest BCUT2D eigenvalue weighted by Gasteiger charge is 2.05. The number of thiocarbonyl (C=S) groups is 1. The van der Waals surface area contributed by atoms with Crippen molar-refractivity contribution in [2.75, 3.05) is 6.54 Å². The molecule has 6 heteroatoms. The van der Waals surface area contributed by atoms with Gasteiger partial charge in [-0.1, -0.05) is 30.3 Å². The van der Waals surface area contributed by atoms with Gasteiger partial charge in [0.05, 0.1) is 23.3 Å². The lowest BCUT2D eigenvalue weighted by molar-refractivity contribution is 0.595. The average molecular weight is 353 g/mol.